The van der Waals surface area contributed by atoms with Crippen molar-refractivity contribution in [2.24, 2.45) is 28.6 Å². The molecule has 2 spiro atoms. The van der Waals surface area contributed by atoms with Crippen LogP contribution in [0.4, 0.5) is 0 Å². The number of hydrogen-bond donors (Lipinski definition) is 0. The summed E-state index contributed by atoms with van der Waals surface area (Å²) in [5.74, 6) is 3.35. The first-order valence-electron chi connectivity index (χ1n) is 11.4. The Morgan fingerprint density at radius 1 is 1.00 bits per heavy atom. The normalized spacial score (nSPS) is 45.7. The lowest BCUT2D eigenvalue weighted by Crippen LogP contribution is -2.55. The van der Waals surface area contributed by atoms with Crippen LogP contribution >= 0.6 is 0 Å². The molecule has 27 heavy (non-hydrogen) atoms. The van der Waals surface area contributed by atoms with Crippen molar-refractivity contribution in [1.29, 1.82) is 0 Å². The molecule has 1 saturated heterocycles. The minimum Gasteiger partial charge on any atom is -0.547 e. The maximum Gasteiger partial charge on any atom is 0.241 e. The van der Waals surface area contributed by atoms with Crippen molar-refractivity contribution in [1.82, 2.24) is 0 Å². The first-order chi connectivity index (χ1) is 12.7. The molecule has 1 heterocycles. The summed E-state index contributed by atoms with van der Waals surface area (Å²) in [6.45, 7) is 13.6. The van der Waals surface area contributed by atoms with Crippen molar-refractivity contribution in [3.63, 3.8) is 0 Å². The van der Waals surface area contributed by atoms with E-state index >= 15 is 0 Å². The molecule has 0 N–H and O–H groups in total. The molecule has 0 unspecified atom stereocenters. The SMILES string of the molecule is CC1=C(O[Si](C)(C)C)CC[C@@]2(C)[C@H]1CC[C@H]1C[C@@H]3C[C@@]12CCC31OCCO1. The molecule has 3 saturated carbocycles. The average Bonchev–Trinajstić information content (AvgIpc) is 3.18. The van der Waals surface area contributed by atoms with Crippen molar-refractivity contribution < 1.29 is 13.9 Å². The maximum absolute atomic E-state index is 6.55. The van der Waals surface area contributed by atoms with Gasteiger partial charge in [-0.1, -0.05) is 6.92 Å². The Morgan fingerprint density at radius 2 is 1.74 bits per heavy atom. The van der Waals surface area contributed by atoms with Gasteiger partial charge in [-0.2, -0.15) is 0 Å². The molecule has 4 fully saturated rings. The topological polar surface area (TPSA) is 27.7 Å². The van der Waals surface area contributed by atoms with Crippen molar-refractivity contribution in [3.8, 4) is 0 Å². The lowest BCUT2D eigenvalue weighted by atomic mass is 9.43. The smallest absolute Gasteiger partial charge is 0.241 e. The van der Waals surface area contributed by atoms with Crippen LogP contribution in [-0.4, -0.2) is 27.3 Å². The predicted molar refractivity (Wildman–Crippen MR) is 110 cm³/mol. The number of rotatable bonds is 2. The van der Waals surface area contributed by atoms with E-state index < -0.39 is 8.32 Å². The summed E-state index contributed by atoms with van der Waals surface area (Å²) in [5.41, 5.74) is 2.53. The molecule has 5 atom stereocenters. The van der Waals surface area contributed by atoms with Gasteiger partial charge < -0.3 is 13.9 Å². The van der Waals surface area contributed by atoms with E-state index in [1.54, 1.807) is 5.57 Å². The second-order valence-corrected chi connectivity index (χ2v) is 15.8. The highest BCUT2D eigenvalue weighted by Crippen LogP contribution is 2.74. The van der Waals surface area contributed by atoms with Crippen LogP contribution in [0.1, 0.15) is 65.2 Å². The Balaban J connectivity index is 1.48. The van der Waals surface area contributed by atoms with E-state index in [0.29, 0.717) is 22.7 Å². The molecular weight excluding hydrogens is 352 g/mol. The first-order valence-corrected chi connectivity index (χ1v) is 14.8. The van der Waals surface area contributed by atoms with Crippen LogP contribution < -0.4 is 0 Å². The number of fused-ring (bicyclic) bond motifs is 3. The van der Waals surface area contributed by atoms with E-state index in [1.807, 2.05) is 0 Å². The summed E-state index contributed by atoms with van der Waals surface area (Å²) in [6.07, 6.45) is 10.3. The summed E-state index contributed by atoms with van der Waals surface area (Å²) >= 11 is 0. The Kier molecular flexibility index (Phi) is 4.05. The van der Waals surface area contributed by atoms with Crippen LogP contribution in [0.3, 0.4) is 0 Å². The molecule has 0 amide bonds. The largest absolute Gasteiger partial charge is 0.547 e. The van der Waals surface area contributed by atoms with Gasteiger partial charge in [-0.05, 0) is 93.3 Å². The molecule has 5 rings (SSSR count). The Labute approximate surface area is 166 Å². The predicted octanol–water partition coefficient (Wildman–Crippen LogP) is 5.87. The number of hydrogen-bond acceptors (Lipinski definition) is 3. The van der Waals surface area contributed by atoms with E-state index in [4.69, 9.17) is 13.9 Å². The number of ether oxygens (including phenoxy) is 2. The van der Waals surface area contributed by atoms with E-state index in [0.717, 1.165) is 32.0 Å². The van der Waals surface area contributed by atoms with E-state index in [1.165, 1.54) is 44.3 Å². The van der Waals surface area contributed by atoms with Gasteiger partial charge >= 0.3 is 0 Å². The van der Waals surface area contributed by atoms with E-state index in [9.17, 15) is 0 Å². The Hall–Kier alpha value is -0.323. The first kappa shape index (κ1) is 18.7. The van der Waals surface area contributed by atoms with Gasteiger partial charge in [0.05, 0.1) is 19.0 Å². The molecule has 5 aliphatic rings. The Morgan fingerprint density at radius 3 is 2.44 bits per heavy atom. The summed E-state index contributed by atoms with van der Waals surface area (Å²) in [7, 11) is -1.53. The lowest BCUT2D eigenvalue weighted by Gasteiger charge is -2.62. The average molecular weight is 391 g/mol. The fourth-order valence-electron chi connectivity index (χ4n) is 8.15. The summed E-state index contributed by atoms with van der Waals surface area (Å²) in [4.78, 5) is 0. The molecule has 3 nitrogen and oxygen atoms in total. The zero-order valence-electron chi connectivity index (χ0n) is 18.0. The van der Waals surface area contributed by atoms with Crippen LogP contribution in [0.2, 0.25) is 19.6 Å². The summed E-state index contributed by atoms with van der Waals surface area (Å²) < 4.78 is 19.0. The van der Waals surface area contributed by atoms with Gasteiger partial charge in [0.2, 0.25) is 8.32 Å². The quantitative estimate of drug-likeness (QED) is 0.552. The molecule has 152 valence electrons. The van der Waals surface area contributed by atoms with Gasteiger partial charge in [0.25, 0.3) is 0 Å². The minimum absolute atomic E-state index is 0.222. The highest BCUT2D eigenvalue weighted by atomic mass is 28.4. The lowest BCUT2D eigenvalue weighted by molar-refractivity contribution is -0.227. The monoisotopic (exact) mass is 390 g/mol. The van der Waals surface area contributed by atoms with Gasteiger partial charge in [-0.15, -0.1) is 0 Å². The molecule has 1 aliphatic heterocycles. The third-order valence-electron chi connectivity index (χ3n) is 9.25. The van der Waals surface area contributed by atoms with Crippen LogP contribution in [0, 0.1) is 28.6 Å². The van der Waals surface area contributed by atoms with Gasteiger partial charge in [0.1, 0.15) is 0 Å². The number of allylic oxidation sites excluding steroid dienone is 2. The molecule has 0 aromatic carbocycles. The van der Waals surface area contributed by atoms with Gasteiger partial charge in [0.15, 0.2) is 5.79 Å². The molecule has 2 bridgehead atoms. The summed E-state index contributed by atoms with van der Waals surface area (Å²) in [6, 6.07) is 0. The zero-order valence-corrected chi connectivity index (χ0v) is 19.0. The van der Waals surface area contributed by atoms with Crippen LogP contribution in [-0.2, 0) is 13.9 Å². The standard InChI is InChI=1S/C23H38O3Si/c1-16-19-7-6-17-14-18-15-22(17,10-11-23(18)24-12-13-25-23)21(19,2)9-8-20(16)26-27(3,4)5/h17-19H,6-15H2,1-5H3/t17-,18+,19-,21-,22-/m0/s1. The van der Waals surface area contributed by atoms with E-state index in [2.05, 4.69) is 33.5 Å². The minimum atomic E-state index is -1.53. The van der Waals surface area contributed by atoms with Gasteiger partial charge in [-0.3, -0.25) is 0 Å². The molecule has 4 aliphatic carbocycles. The highest BCUT2D eigenvalue weighted by Gasteiger charge is 2.69. The molecular formula is C23H38O3Si. The van der Waals surface area contributed by atoms with Gasteiger partial charge in [0, 0.05) is 18.8 Å². The zero-order chi connectivity index (χ0) is 19.1. The van der Waals surface area contributed by atoms with Crippen molar-refractivity contribution >= 4 is 8.32 Å². The van der Waals surface area contributed by atoms with Crippen LogP contribution in [0.25, 0.3) is 0 Å². The Bertz CT molecular complexity index is 659. The fraction of sp³-hybridized carbons (Fsp3) is 0.913. The van der Waals surface area contributed by atoms with Crippen molar-refractivity contribution in [2.75, 3.05) is 13.2 Å². The van der Waals surface area contributed by atoms with Crippen molar-refractivity contribution in [3.05, 3.63) is 11.3 Å². The third-order valence-corrected chi connectivity index (χ3v) is 10.1. The van der Waals surface area contributed by atoms with Gasteiger partial charge in [-0.25, -0.2) is 0 Å². The summed E-state index contributed by atoms with van der Waals surface area (Å²) in [5, 5.41) is 0. The fourth-order valence-corrected chi connectivity index (χ4v) is 9.15. The van der Waals surface area contributed by atoms with E-state index in [-0.39, 0.29) is 5.79 Å². The molecule has 0 aromatic rings. The second-order valence-electron chi connectivity index (χ2n) is 11.4. The molecule has 0 radical (unpaired) electrons. The van der Waals surface area contributed by atoms with Crippen molar-refractivity contribution in [2.45, 2.75) is 90.6 Å². The molecule has 4 heteroatoms. The van der Waals surface area contributed by atoms with Crippen LogP contribution in [0.15, 0.2) is 11.3 Å². The van der Waals surface area contributed by atoms with Crippen LogP contribution in [0.5, 0.6) is 0 Å². The maximum atomic E-state index is 6.55. The molecule has 0 aromatic heterocycles. The highest BCUT2D eigenvalue weighted by molar-refractivity contribution is 6.70. The second kappa shape index (κ2) is 5.86. The third kappa shape index (κ3) is 2.51.